The highest BCUT2D eigenvalue weighted by Gasteiger charge is 2.28. The maximum absolute atomic E-state index is 16.7. The van der Waals surface area contributed by atoms with Gasteiger partial charge in [-0.05, 0) is 99.4 Å². The second-order valence-electron chi connectivity index (χ2n) is 14.9. The molecule has 0 saturated heterocycles. The maximum Gasteiger partial charge on any atom is 0.187 e. The molecule has 0 fully saturated rings. The smallest absolute Gasteiger partial charge is 0.187 e. The van der Waals surface area contributed by atoms with E-state index in [-0.39, 0.29) is 22.5 Å². The number of rotatable bonds is 8. The lowest BCUT2D eigenvalue weighted by molar-refractivity contribution is 0.584. The molecule has 0 heterocycles. The Balaban J connectivity index is 1.26. The zero-order valence-corrected chi connectivity index (χ0v) is 32.6. The molecule has 0 unspecified atom stereocenters. The van der Waals surface area contributed by atoms with E-state index in [1.54, 1.807) is 58.3 Å². The van der Waals surface area contributed by atoms with Gasteiger partial charge in [0.1, 0.15) is 11.6 Å². The van der Waals surface area contributed by atoms with Crippen LogP contribution < -0.4 is 9.80 Å². The molecule has 0 spiro atoms. The molecule has 8 heteroatoms. The predicted octanol–water partition coefficient (Wildman–Crippen LogP) is 15.8. The van der Waals surface area contributed by atoms with Crippen LogP contribution in [-0.2, 0) is 0 Å². The average molecular weight is 811 g/mol. The zero-order valence-electron chi connectivity index (χ0n) is 32.6. The van der Waals surface area contributed by atoms with E-state index in [0.29, 0.717) is 45.1 Å². The summed E-state index contributed by atoms with van der Waals surface area (Å²) in [4.78, 5) is 7.14. The molecule has 4 nitrogen and oxygen atoms in total. The first-order valence-corrected chi connectivity index (χ1v) is 19.7. The Hall–Kier alpha value is -8.46. The van der Waals surface area contributed by atoms with E-state index < -0.39 is 23.3 Å². The Labute approximate surface area is 354 Å². The molecule has 0 aliphatic rings. The summed E-state index contributed by atoms with van der Waals surface area (Å²) in [6.07, 6.45) is 0. The van der Waals surface area contributed by atoms with Gasteiger partial charge < -0.3 is 9.80 Å². The molecule has 0 aliphatic heterocycles. The molecule has 0 atom stereocenters. The number of anilines is 6. The van der Waals surface area contributed by atoms with Crippen LogP contribution >= 0.6 is 0 Å². The van der Waals surface area contributed by atoms with Crippen LogP contribution in [0.3, 0.4) is 0 Å². The lowest BCUT2D eigenvalue weighted by atomic mass is 9.91. The van der Waals surface area contributed by atoms with E-state index >= 15 is 17.6 Å². The van der Waals surface area contributed by atoms with Gasteiger partial charge >= 0.3 is 0 Å². The number of hydrogen-bond donors (Lipinski definition) is 0. The van der Waals surface area contributed by atoms with Crippen LogP contribution in [0.25, 0.3) is 59.4 Å². The van der Waals surface area contributed by atoms with Gasteiger partial charge in [-0.1, -0.05) is 103 Å². The Bertz CT molecular complexity index is 3220. The van der Waals surface area contributed by atoms with Crippen molar-refractivity contribution < 1.29 is 17.6 Å². The second-order valence-corrected chi connectivity index (χ2v) is 14.9. The van der Waals surface area contributed by atoms with Gasteiger partial charge in [0, 0.05) is 45.4 Å². The minimum Gasteiger partial charge on any atom is -0.307 e. The van der Waals surface area contributed by atoms with Crippen LogP contribution in [0.1, 0.15) is 5.56 Å². The highest BCUT2D eigenvalue weighted by atomic mass is 19.1. The molecule has 0 radical (unpaired) electrons. The lowest BCUT2D eigenvalue weighted by Crippen LogP contribution is -2.15. The summed E-state index contributed by atoms with van der Waals surface area (Å²) in [6.45, 7) is 7.63. The molecule has 10 aromatic rings. The molecular formula is C54H30F4N4. The Morgan fingerprint density at radius 2 is 0.935 bits per heavy atom. The quantitative estimate of drug-likeness (QED) is 0.0871. The third-order valence-corrected chi connectivity index (χ3v) is 11.2. The van der Waals surface area contributed by atoms with Gasteiger partial charge in [-0.2, -0.15) is 5.26 Å². The Morgan fingerprint density at radius 3 is 1.42 bits per heavy atom. The monoisotopic (exact) mass is 810 g/mol. The van der Waals surface area contributed by atoms with Crippen molar-refractivity contribution in [3.8, 4) is 28.3 Å². The van der Waals surface area contributed by atoms with Crippen LogP contribution in [0.2, 0.25) is 0 Å². The average Bonchev–Trinajstić information content (AvgIpc) is 3.30. The van der Waals surface area contributed by atoms with Gasteiger partial charge in [-0.15, -0.1) is 0 Å². The molecule has 0 saturated carbocycles. The first-order valence-electron chi connectivity index (χ1n) is 19.7. The second kappa shape index (κ2) is 15.3. The summed E-state index contributed by atoms with van der Waals surface area (Å²) in [5.74, 6) is -3.10. The molecular weight excluding hydrogens is 781 g/mol. The van der Waals surface area contributed by atoms with E-state index in [0.717, 1.165) is 44.5 Å². The van der Waals surface area contributed by atoms with Gasteiger partial charge in [0.2, 0.25) is 0 Å². The van der Waals surface area contributed by atoms with E-state index in [1.165, 1.54) is 12.1 Å². The van der Waals surface area contributed by atoms with Gasteiger partial charge in [-0.3, -0.25) is 0 Å². The lowest BCUT2D eigenvalue weighted by Gasteiger charge is -2.31. The van der Waals surface area contributed by atoms with E-state index in [1.807, 2.05) is 109 Å². The van der Waals surface area contributed by atoms with Crippen molar-refractivity contribution in [1.29, 1.82) is 5.26 Å². The summed E-state index contributed by atoms with van der Waals surface area (Å²) >= 11 is 0. The van der Waals surface area contributed by atoms with Crippen molar-refractivity contribution in [1.82, 2.24) is 0 Å². The van der Waals surface area contributed by atoms with Gasteiger partial charge in [0.25, 0.3) is 0 Å². The number of benzene rings is 10. The number of nitrogens with zero attached hydrogens (tertiary/aromatic N) is 4. The summed E-state index contributed by atoms with van der Waals surface area (Å²) in [6, 6.07) is 54.1. The summed E-state index contributed by atoms with van der Waals surface area (Å²) in [5, 5.41) is 14.8. The summed E-state index contributed by atoms with van der Waals surface area (Å²) < 4.78 is 63.9. The van der Waals surface area contributed by atoms with E-state index in [2.05, 4.69) is 10.9 Å². The van der Waals surface area contributed by atoms with Crippen LogP contribution in [0.15, 0.2) is 182 Å². The minimum atomic E-state index is -0.795. The van der Waals surface area contributed by atoms with E-state index in [4.69, 9.17) is 6.57 Å². The van der Waals surface area contributed by atoms with Gasteiger partial charge in [-0.25, -0.2) is 22.4 Å². The highest BCUT2D eigenvalue weighted by molar-refractivity contribution is 6.28. The standard InChI is InChI=1S/C54H30F4N4/c1-60-40-13-9-12-37(27-40)46-29-39(56)31-48(58)54(46)62(42-16-6-3-7-17-42)50-25-21-35-18-22-43-49(24-20-34-19-23-44(50)52(35)51(34)43)61(41-14-4-2-5-15-41)53-45(28-38(55)30-47(53)57)36-11-8-10-33(26-36)32-59/h2-31H. The van der Waals surface area contributed by atoms with E-state index in [9.17, 15) is 5.26 Å². The topological polar surface area (TPSA) is 34.6 Å². The molecule has 10 aromatic carbocycles. The van der Waals surface area contributed by atoms with Crippen LogP contribution in [0.5, 0.6) is 0 Å². The van der Waals surface area contributed by atoms with Crippen LogP contribution in [0.4, 0.5) is 57.4 Å². The molecule has 62 heavy (non-hydrogen) atoms. The minimum absolute atomic E-state index is 0.0975. The number of nitriles is 1. The largest absolute Gasteiger partial charge is 0.307 e. The molecule has 0 bridgehead atoms. The maximum atomic E-state index is 16.7. The number of para-hydroxylation sites is 2. The van der Waals surface area contributed by atoms with Crippen molar-refractivity contribution in [3.05, 3.63) is 222 Å². The summed E-state index contributed by atoms with van der Waals surface area (Å²) in [5.41, 5.74) is 4.79. The zero-order chi connectivity index (χ0) is 42.5. The van der Waals surface area contributed by atoms with Crippen molar-refractivity contribution >= 4 is 72.1 Å². The Kier molecular flexibility index (Phi) is 9.32. The number of halogens is 4. The van der Waals surface area contributed by atoms with Crippen molar-refractivity contribution in [2.45, 2.75) is 0 Å². The van der Waals surface area contributed by atoms with Gasteiger partial charge in [0.05, 0.1) is 41.0 Å². The Morgan fingerprint density at radius 1 is 0.468 bits per heavy atom. The van der Waals surface area contributed by atoms with Gasteiger partial charge in [0.15, 0.2) is 17.3 Å². The van der Waals surface area contributed by atoms with Crippen molar-refractivity contribution in [2.75, 3.05) is 9.80 Å². The fourth-order valence-corrected chi connectivity index (χ4v) is 8.62. The molecule has 0 aromatic heterocycles. The summed E-state index contributed by atoms with van der Waals surface area (Å²) in [7, 11) is 0. The fourth-order valence-electron chi connectivity index (χ4n) is 8.62. The molecule has 0 N–H and O–H groups in total. The third-order valence-electron chi connectivity index (χ3n) is 11.2. The molecule has 0 amide bonds. The number of hydrogen-bond acceptors (Lipinski definition) is 3. The van der Waals surface area contributed by atoms with Crippen LogP contribution in [-0.4, -0.2) is 0 Å². The predicted molar refractivity (Wildman–Crippen MR) is 241 cm³/mol. The first-order chi connectivity index (χ1) is 30.3. The highest BCUT2D eigenvalue weighted by Crippen LogP contribution is 2.51. The normalized spacial score (nSPS) is 11.2. The van der Waals surface area contributed by atoms with Crippen molar-refractivity contribution in [3.63, 3.8) is 0 Å². The third kappa shape index (κ3) is 6.39. The molecule has 294 valence electrons. The SMILES string of the molecule is [C-]#[N+]c1cccc(-c2cc(F)cc(F)c2N(c2ccccc2)c2ccc3ccc4c(N(c5ccccc5)c5c(F)cc(F)cc5-c5cccc(C#N)c5)ccc5ccc2c3c54)c1. The fraction of sp³-hybridized carbons (Fsp3) is 0. The van der Waals surface area contributed by atoms with Crippen molar-refractivity contribution in [2.24, 2.45) is 0 Å². The molecule has 0 aliphatic carbocycles. The molecule has 10 rings (SSSR count). The van der Waals surface area contributed by atoms with Crippen LogP contribution in [0, 0.1) is 41.2 Å². The first kappa shape index (κ1) is 37.8.